The molecule has 1 aromatic carbocycles. The van der Waals surface area contributed by atoms with E-state index in [1.54, 1.807) is 31.3 Å². The van der Waals surface area contributed by atoms with E-state index in [-0.39, 0.29) is 5.03 Å². The Morgan fingerprint density at radius 3 is 2.63 bits per heavy atom. The molecule has 0 saturated carbocycles. The number of anilines is 1. The number of sulfonamides is 1. The fraction of sp³-hybridized carbons (Fsp3) is 0.250. The molecule has 6 nitrogen and oxygen atoms in total. The molecule has 2 N–H and O–H groups in total. The summed E-state index contributed by atoms with van der Waals surface area (Å²) in [5, 5.41) is 9.41. The maximum absolute atomic E-state index is 12.5. The largest absolute Gasteiger partial charge is 0.316 e. The lowest BCUT2D eigenvalue weighted by Gasteiger charge is -2.19. The molecular weight excluding hydrogens is 264 g/mol. The van der Waals surface area contributed by atoms with Crippen molar-refractivity contribution < 1.29 is 8.42 Å². The molecule has 1 heterocycles. The summed E-state index contributed by atoms with van der Waals surface area (Å²) in [6.07, 6.45) is 1.52. The van der Waals surface area contributed by atoms with E-state index in [9.17, 15) is 8.42 Å². The van der Waals surface area contributed by atoms with Crippen molar-refractivity contribution in [1.82, 2.24) is 15.5 Å². The van der Waals surface area contributed by atoms with Gasteiger partial charge in [0.05, 0.1) is 11.9 Å². The summed E-state index contributed by atoms with van der Waals surface area (Å²) in [5.41, 5.74) is 1.22. The molecule has 0 bridgehead atoms. The van der Waals surface area contributed by atoms with Gasteiger partial charge in [0, 0.05) is 19.2 Å². The third-order valence-electron chi connectivity index (χ3n) is 2.78. The Morgan fingerprint density at radius 1 is 1.32 bits per heavy atom. The highest BCUT2D eigenvalue weighted by Crippen LogP contribution is 2.22. The number of para-hydroxylation sites is 1. The highest BCUT2D eigenvalue weighted by atomic mass is 32.2. The number of rotatable bonds is 5. The average Bonchev–Trinajstić information content (AvgIpc) is 2.88. The molecule has 0 unspecified atom stereocenters. The van der Waals surface area contributed by atoms with Gasteiger partial charge in [0.15, 0.2) is 5.03 Å². The van der Waals surface area contributed by atoms with E-state index in [4.69, 9.17) is 0 Å². The Labute approximate surface area is 112 Å². The minimum absolute atomic E-state index is 0.119. The lowest BCUT2D eigenvalue weighted by Crippen LogP contribution is -2.28. The van der Waals surface area contributed by atoms with Gasteiger partial charge in [-0.05, 0) is 19.2 Å². The van der Waals surface area contributed by atoms with Gasteiger partial charge in [-0.15, -0.1) is 0 Å². The molecule has 0 saturated heterocycles. The molecule has 7 heteroatoms. The van der Waals surface area contributed by atoms with Crippen LogP contribution in [0.3, 0.4) is 0 Å². The molecule has 0 radical (unpaired) electrons. The van der Waals surface area contributed by atoms with Gasteiger partial charge in [-0.3, -0.25) is 9.40 Å². The van der Waals surface area contributed by atoms with Crippen molar-refractivity contribution in [2.24, 2.45) is 0 Å². The topological polar surface area (TPSA) is 78.1 Å². The SMILES string of the molecule is CNCc1cn[nH]c1S(=O)(=O)N(C)c1ccccc1. The number of aromatic nitrogens is 2. The summed E-state index contributed by atoms with van der Waals surface area (Å²) in [7, 11) is -0.350. The summed E-state index contributed by atoms with van der Waals surface area (Å²) in [5.74, 6) is 0. The second kappa shape index (κ2) is 5.41. The zero-order valence-corrected chi connectivity index (χ0v) is 11.6. The van der Waals surface area contributed by atoms with Gasteiger partial charge in [0.1, 0.15) is 0 Å². The second-order valence-electron chi connectivity index (χ2n) is 4.06. The van der Waals surface area contributed by atoms with Gasteiger partial charge in [0.25, 0.3) is 10.0 Å². The molecular formula is C12H16N4O2S. The highest BCUT2D eigenvalue weighted by Gasteiger charge is 2.25. The molecule has 19 heavy (non-hydrogen) atoms. The Morgan fingerprint density at radius 2 is 2.00 bits per heavy atom. The number of hydrogen-bond donors (Lipinski definition) is 2. The van der Waals surface area contributed by atoms with E-state index in [2.05, 4.69) is 15.5 Å². The third kappa shape index (κ3) is 2.61. The van der Waals surface area contributed by atoms with E-state index in [0.29, 0.717) is 17.8 Å². The van der Waals surface area contributed by atoms with Gasteiger partial charge >= 0.3 is 0 Å². The van der Waals surface area contributed by atoms with Crippen molar-refractivity contribution in [2.75, 3.05) is 18.4 Å². The fourth-order valence-corrected chi connectivity index (χ4v) is 3.05. The molecule has 0 atom stereocenters. The lowest BCUT2D eigenvalue weighted by atomic mass is 10.3. The maximum Gasteiger partial charge on any atom is 0.281 e. The standard InChI is InChI=1S/C12H16N4O2S/c1-13-8-10-9-14-15-12(10)19(17,18)16(2)11-6-4-3-5-7-11/h3-7,9,13H,8H2,1-2H3,(H,14,15). The van der Waals surface area contributed by atoms with Gasteiger partial charge in [0.2, 0.25) is 0 Å². The van der Waals surface area contributed by atoms with Crippen LogP contribution in [0.15, 0.2) is 41.6 Å². The van der Waals surface area contributed by atoms with Crippen LogP contribution in [0, 0.1) is 0 Å². The predicted molar refractivity (Wildman–Crippen MR) is 73.4 cm³/mol. The molecule has 1 aromatic heterocycles. The number of H-pyrrole nitrogens is 1. The van der Waals surface area contributed by atoms with Crippen molar-refractivity contribution in [2.45, 2.75) is 11.6 Å². The second-order valence-corrected chi connectivity index (χ2v) is 5.97. The number of nitrogens with one attached hydrogen (secondary N) is 2. The molecule has 0 aliphatic rings. The minimum Gasteiger partial charge on any atom is -0.316 e. The van der Waals surface area contributed by atoms with Gasteiger partial charge < -0.3 is 5.32 Å². The van der Waals surface area contributed by atoms with Crippen molar-refractivity contribution in [3.63, 3.8) is 0 Å². The summed E-state index contributed by atoms with van der Waals surface area (Å²) < 4.78 is 26.3. The van der Waals surface area contributed by atoms with Crippen LogP contribution in [0.2, 0.25) is 0 Å². The maximum atomic E-state index is 12.5. The quantitative estimate of drug-likeness (QED) is 0.855. The molecule has 0 aliphatic heterocycles. The first kappa shape index (κ1) is 13.6. The summed E-state index contributed by atoms with van der Waals surface area (Å²) >= 11 is 0. The molecule has 0 amide bonds. The van der Waals surface area contributed by atoms with Crippen LogP contribution in [0.4, 0.5) is 5.69 Å². The van der Waals surface area contributed by atoms with E-state index >= 15 is 0 Å². The Bertz CT molecular complexity index is 637. The molecule has 0 spiro atoms. The first-order chi connectivity index (χ1) is 9.07. The van der Waals surface area contributed by atoms with Crippen LogP contribution >= 0.6 is 0 Å². The first-order valence-electron chi connectivity index (χ1n) is 5.78. The molecule has 102 valence electrons. The lowest BCUT2D eigenvalue weighted by molar-refractivity contribution is 0.588. The number of hydrogen-bond acceptors (Lipinski definition) is 4. The number of nitrogens with zero attached hydrogens (tertiary/aromatic N) is 2. The van der Waals surface area contributed by atoms with Gasteiger partial charge in [-0.1, -0.05) is 18.2 Å². The first-order valence-corrected chi connectivity index (χ1v) is 7.22. The zero-order valence-electron chi connectivity index (χ0n) is 10.8. The summed E-state index contributed by atoms with van der Waals surface area (Å²) in [6.45, 7) is 0.438. The van der Waals surface area contributed by atoms with Crippen molar-refractivity contribution in [1.29, 1.82) is 0 Å². The molecule has 2 aromatic rings. The number of benzene rings is 1. The van der Waals surface area contributed by atoms with Crippen LogP contribution in [0.25, 0.3) is 0 Å². The molecule has 0 aliphatic carbocycles. The van der Waals surface area contributed by atoms with E-state index < -0.39 is 10.0 Å². The average molecular weight is 280 g/mol. The molecule has 2 rings (SSSR count). The predicted octanol–water partition coefficient (Wildman–Crippen LogP) is 0.954. The minimum atomic E-state index is -3.63. The van der Waals surface area contributed by atoms with Crippen LogP contribution in [-0.2, 0) is 16.6 Å². The van der Waals surface area contributed by atoms with E-state index in [1.165, 1.54) is 17.5 Å². The monoisotopic (exact) mass is 280 g/mol. The smallest absolute Gasteiger partial charge is 0.281 e. The van der Waals surface area contributed by atoms with Crippen molar-refractivity contribution in [3.8, 4) is 0 Å². The van der Waals surface area contributed by atoms with E-state index in [1.807, 2.05) is 6.07 Å². The van der Waals surface area contributed by atoms with Crippen LogP contribution in [0.1, 0.15) is 5.56 Å². The Balaban J connectivity index is 2.40. The molecule has 0 fully saturated rings. The number of aromatic amines is 1. The van der Waals surface area contributed by atoms with Gasteiger partial charge in [-0.2, -0.15) is 13.5 Å². The van der Waals surface area contributed by atoms with Crippen LogP contribution < -0.4 is 9.62 Å². The Hall–Kier alpha value is -1.86. The normalized spacial score (nSPS) is 11.5. The highest BCUT2D eigenvalue weighted by molar-refractivity contribution is 7.92. The van der Waals surface area contributed by atoms with E-state index in [0.717, 1.165) is 0 Å². The summed E-state index contributed by atoms with van der Waals surface area (Å²) in [4.78, 5) is 0. The summed E-state index contributed by atoms with van der Waals surface area (Å²) in [6, 6.07) is 8.91. The van der Waals surface area contributed by atoms with Crippen molar-refractivity contribution >= 4 is 15.7 Å². The van der Waals surface area contributed by atoms with Crippen molar-refractivity contribution in [3.05, 3.63) is 42.1 Å². The van der Waals surface area contributed by atoms with Crippen LogP contribution in [-0.4, -0.2) is 32.7 Å². The third-order valence-corrected chi connectivity index (χ3v) is 4.58. The fourth-order valence-electron chi connectivity index (χ4n) is 1.75. The van der Waals surface area contributed by atoms with Crippen LogP contribution in [0.5, 0.6) is 0 Å². The Kier molecular flexibility index (Phi) is 3.87. The van der Waals surface area contributed by atoms with Gasteiger partial charge in [-0.25, -0.2) is 0 Å². The zero-order chi connectivity index (χ0) is 13.9.